The summed E-state index contributed by atoms with van der Waals surface area (Å²) in [6, 6.07) is 6.00. The van der Waals surface area contributed by atoms with Crippen molar-refractivity contribution in [1.29, 1.82) is 0 Å². The normalized spacial score (nSPS) is 17.5. The van der Waals surface area contributed by atoms with E-state index in [0.717, 1.165) is 71.2 Å². The van der Waals surface area contributed by atoms with E-state index in [-0.39, 0.29) is 11.8 Å². The van der Waals surface area contributed by atoms with Crippen molar-refractivity contribution in [3.8, 4) is 11.8 Å². The number of nitrogens with zero attached hydrogens (tertiary/aromatic N) is 2. The summed E-state index contributed by atoms with van der Waals surface area (Å²) >= 11 is 3.45. The van der Waals surface area contributed by atoms with Crippen LogP contribution in [0.4, 0.5) is 5.69 Å². The fourth-order valence-electron chi connectivity index (χ4n) is 3.16. The Labute approximate surface area is 170 Å². The van der Waals surface area contributed by atoms with Crippen LogP contribution >= 0.6 is 23.1 Å². The van der Waals surface area contributed by atoms with Gasteiger partial charge in [0, 0.05) is 30.8 Å². The third-order valence-corrected chi connectivity index (χ3v) is 6.75. The molecule has 1 N–H and O–H groups in total. The van der Waals surface area contributed by atoms with Gasteiger partial charge < -0.3 is 10.2 Å². The van der Waals surface area contributed by atoms with E-state index in [0.29, 0.717) is 0 Å². The van der Waals surface area contributed by atoms with Gasteiger partial charge in [0.25, 0.3) is 0 Å². The van der Waals surface area contributed by atoms with Crippen LogP contribution < -0.4 is 5.32 Å². The van der Waals surface area contributed by atoms with Crippen molar-refractivity contribution in [1.82, 2.24) is 9.88 Å². The van der Waals surface area contributed by atoms with Gasteiger partial charge in [-0.1, -0.05) is 18.7 Å². The van der Waals surface area contributed by atoms with E-state index in [1.807, 2.05) is 18.2 Å². The molecule has 1 aliphatic rings. The molecular weight excluding hydrogens is 374 g/mol. The van der Waals surface area contributed by atoms with Crippen LogP contribution in [0, 0.1) is 17.8 Å². The zero-order chi connectivity index (χ0) is 19.1. The average molecular weight is 402 g/mol. The Morgan fingerprint density at radius 1 is 1.41 bits per heavy atom. The van der Waals surface area contributed by atoms with Gasteiger partial charge in [-0.15, -0.1) is 23.2 Å². The van der Waals surface area contributed by atoms with Crippen molar-refractivity contribution in [3.05, 3.63) is 18.2 Å². The van der Waals surface area contributed by atoms with Crippen LogP contribution in [-0.2, 0) is 4.79 Å². The number of anilines is 1. The van der Waals surface area contributed by atoms with E-state index in [1.165, 1.54) is 0 Å². The molecule has 27 heavy (non-hydrogen) atoms. The topological polar surface area (TPSA) is 45.2 Å². The van der Waals surface area contributed by atoms with E-state index < -0.39 is 0 Å². The number of hydrogen-bond acceptors (Lipinski definition) is 5. The lowest BCUT2D eigenvalue weighted by molar-refractivity contribution is -0.121. The van der Waals surface area contributed by atoms with Crippen LogP contribution in [0.5, 0.6) is 0 Å². The van der Waals surface area contributed by atoms with Gasteiger partial charge in [-0.2, -0.15) is 0 Å². The molecule has 1 aromatic carbocycles. The number of fused-ring (bicyclic) bond motifs is 1. The summed E-state index contributed by atoms with van der Waals surface area (Å²) in [7, 11) is 2.08. The lowest BCUT2D eigenvalue weighted by Crippen LogP contribution is -2.38. The number of hydrogen-bond donors (Lipinski definition) is 1. The van der Waals surface area contributed by atoms with E-state index in [9.17, 15) is 4.79 Å². The van der Waals surface area contributed by atoms with Crippen molar-refractivity contribution in [3.63, 3.8) is 0 Å². The second-order valence-electron chi connectivity index (χ2n) is 6.95. The average Bonchev–Trinajstić information content (AvgIpc) is 3.06. The Balaban J connectivity index is 1.57. The first kappa shape index (κ1) is 20.2. The standard InChI is InChI=1S/C21H27N3OS2/c1-3-4-5-6-7-13-26-21-23-18-11-10-17(14-19(18)27-21)22-20(25)16-9-8-12-24(2)15-16/h10-11,14,16H,3-4,7-9,12-13,15H2,1-2H3,(H,22,25). The van der Waals surface area contributed by atoms with Crippen molar-refractivity contribution >= 4 is 44.9 Å². The van der Waals surface area contributed by atoms with Crippen LogP contribution in [0.1, 0.15) is 39.0 Å². The van der Waals surface area contributed by atoms with Crippen LogP contribution in [-0.4, -0.2) is 41.7 Å². The maximum atomic E-state index is 12.5. The van der Waals surface area contributed by atoms with Gasteiger partial charge >= 0.3 is 0 Å². The van der Waals surface area contributed by atoms with Crippen LogP contribution in [0.25, 0.3) is 10.2 Å². The molecule has 0 saturated carbocycles. The number of piperidine rings is 1. The Morgan fingerprint density at radius 3 is 3.07 bits per heavy atom. The van der Waals surface area contributed by atoms with Gasteiger partial charge in [-0.05, 0) is 51.1 Å². The van der Waals surface area contributed by atoms with Gasteiger partial charge in [0.2, 0.25) is 5.91 Å². The van der Waals surface area contributed by atoms with Gasteiger partial charge in [-0.25, -0.2) is 4.98 Å². The number of rotatable bonds is 6. The molecular formula is C21H27N3OS2. The lowest BCUT2D eigenvalue weighted by atomic mass is 9.97. The second kappa shape index (κ2) is 10.1. The summed E-state index contributed by atoms with van der Waals surface area (Å²) in [4.78, 5) is 19.4. The van der Waals surface area contributed by atoms with Crippen LogP contribution in [0.2, 0.25) is 0 Å². The number of thioether (sulfide) groups is 1. The SMILES string of the molecule is CCCC#CCCSc1nc2ccc(NC(=O)C3CCCN(C)C3)cc2s1. The second-order valence-corrected chi connectivity index (χ2v) is 9.33. The van der Waals surface area contributed by atoms with Gasteiger partial charge in [-0.3, -0.25) is 4.79 Å². The number of nitrogens with one attached hydrogen (secondary N) is 1. The first-order chi connectivity index (χ1) is 13.2. The van der Waals surface area contributed by atoms with Crippen molar-refractivity contribution in [2.45, 2.75) is 43.4 Å². The molecule has 2 heterocycles. The highest BCUT2D eigenvalue weighted by molar-refractivity contribution is 8.01. The number of carbonyl (C=O) groups is 1. The molecule has 144 valence electrons. The minimum absolute atomic E-state index is 0.0841. The molecule has 1 amide bonds. The number of likely N-dealkylation sites (tertiary alicyclic amines) is 1. The largest absolute Gasteiger partial charge is 0.326 e. The molecule has 1 aromatic heterocycles. The van der Waals surface area contributed by atoms with E-state index in [2.05, 4.69) is 41.0 Å². The molecule has 0 radical (unpaired) electrons. The summed E-state index contributed by atoms with van der Waals surface area (Å²) in [5.41, 5.74) is 1.86. The first-order valence-corrected chi connectivity index (χ1v) is 11.4. The highest BCUT2D eigenvalue weighted by atomic mass is 32.2. The Morgan fingerprint density at radius 2 is 2.26 bits per heavy atom. The first-order valence-electron chi connectivity index (χ1n) is 9.64. The number of unbranched alkanes of at least 4 members (excludes halogenated alkanes) is 1. The molecule has 4 nitrogen and oxygen atoms in total. The fraction of sp³-hybridized carbons (Fsp3) is 0.524. The molecule has 3 rings (SSSR count). The summed E-state index contributed by atoms with van der Waals surface area (Å²) in [5.74, 6) is 7.57. The molecule has 2 aromatic rings. The number of thiazole rings is 1. The summed E-state index contributed by atoms with van der Waals surface area (Å²) in [6.45, 7) is 4.08. The highest BCUT2D eigenvalue weighted by Gasteiger charge is 2.24. The number of amides is 1. The van der Waals surface area contributed by atoms with Crippen molar-refractivity contribution in [2.24, 2.45) is 5.92 Å². The zero-order valence-corrected chi connectivity index (χ0v) is 17.7. The van der Waals surface area contributed by atoms with Crippen LogP contribution in [0.15, 0.2) is 22.5 Å². The molecule has 1 saturated heterocycles. The highest BCUT2D eigenvalue weighted by Crippen LogP contribution is 2.31. The smallest absolute Gasteiger partial charge is 0.228 e. The quantitative estimate of drug-likeness (QED) is 0.426. The molecule has 6 heteroatoms. The number of benzene rings is 1. The number of aromatic nitrogens is 1. The van der Waals surface area contributed by atoms with Gasteiger partial charge in [0.05, 0.1) is 16.1 Å². The third-order valence-electron chi connectivity index (χ3n) is 4.58. The Hall–Kier alpha value is -1.55. The summed E-state index contributed by atoms with van der Waals surface area (Å²) in [6.07, 6.45) is 5.07. The van der Waals surface area contributed by atoms with E-state index >= 15 is 0 Å². The minimum Gasteiger partial charge on any atom is -0.326 e. The molecule has 1 atom stereocenters. The summed E-state index contributed by atoms with van der Waals surface area (Å²) in [5, 5.41) is 3.09. The molecule has 1 unspecified atom stereocenters. The molecule has 0 bridgehead atoms. The Bertz CT molecular complexity index is 837. The Kier molecular flexibility index (Phi) is 7.57. The lowest BCUT2D eigenvalue weighted by Gasteiger charge is -2.28. The molecule has 0 aliphatic carbocycles. The third kappa shape index (κ3) is 5.97. The predicted octanol–water partition coefficient (Wildman–Crippen LogP) is 4.86. The maximum absolute atomic E-state index is 12.5. The fourth-order valence-corrected chi connectivity index (χ4v) is 5.19. The van der Waals surface area contributed by atoms with Crippen LogP contribution in [0.3, 0.4) is 0 Å². The molecule has 0 spiro atoms. The monoisotopic (exact) mass is 401 g/mol. The maximum Gasteiger partial charge on any atom is 0.228 e. The van der Waals surface area contributed by atoms with Crippen molar-refractivity contribution < 1.29 is 4.79 Å². The number of carbonyl (C=O) groups excluding carboxylic acids is 1. The predicted molar refractivity (Wildman–Crippen MR) is 116 cm³/mol. The minimum atomic E-state index is 0.0841. The zero-order valence-electron chi connectivity index (χ0n) is 16.1. The van der Waals surface area contributed by atoms with Crippen molar-refractivity contribution in [2.75, 3.05) is 31.2 Å². The van der Waals surface area contributed by atoms with E-state index in [1.54, 1.807) is 23.1 Å². The molecule has 1 fully saturated rings. The van der Waals surface area contributed by atoms with Gasteiger partial charge in [0.15, 0.2) is 4.34 Å². The summed E-state index contributed by atoms with van der Waals surface area (Å²) < 4.78 is 2.19. The van der Waals surface area contributed by atoms with E-state index in [4.69, 9.17) is 0 Å². The molecule has 1 aliphatic heterocycles. The van der Waals surface area contributed by atoms with Gasteiger partial charge in [0.1, 0.15) is 0 Å².